The van der Waals surface area contributed by atoms with E-state index < -0.39 is 0 Å². The molecule has 0 spiro atoms. The Hall–Kier alpha value is -4.29. The highest BCUT2D eigenvalue weighted by Crippen LogP contribution is 2.49. The molecule has 7 rings (SSSR count). The van der Waals surface area contributed by atoms with Gasteiger partial charge in [-0.15, -0.1) is 0 Å². The Morgan fingerprint density at radius 3 is 2.48 bits per heavy atom. The van der Waals surface area contributed by atoms with E-state index in [9.17, 15) is 4.39 Å². The third kappa shape index (κ3) is 4.20. The Morgan fingerprint density at radius 2 is 1.70 bits per heavy atom. The van der Waals surface area contributed by atoms with Gasteiger partial charge in [0.25, 0.3) is 0 Å². The molecule has 1 aromatic heterocycles. The lowest BCUT2D eigenvalue weighted by Gasteiger charge is -2.46. The van der Waals surface area contributed by atoms with Crippen LogP contribution in [0.25, 0.3) is 10.9 Å². The van der Waals surface area contributed by atoms with Gasteiger partial charge in [0.1, 0.15) is 18.2 Å². The fourth-order valence-electron chi connectivity index (χ4n) is 6.46. The second-order valence-electron chi connectivity index (χ2n) is 10.6. The van der Waals surface area contributed by atoms with Crippen LogP contribution in [0.15, 0.2) is 84.9 Å². The molecule has 0 amide bonds. The highest BCUT2D eigenvalue weighted by atomic mass is 19.1. The number of halogens is 1. The topological polar surface area (TPSA) is 46.7 Å². The van der Waals surface area contributed by atoms with E-state index in [2.05, 4.69) is 46.3 Å². The Morgan fingerprint density at radius 1 is 0.900 bits per heavy atom. The van der Waals surface area contributed by atoms with Crippen molar-refractivity contribution >= 4 is 10.9 Å². The third-order valence-electron chi connectivity index (χ3n) is 8.41. The van der Waals surface area contributed by atoms with Gasteiger partial charge in [0.05, 0.1) is 20.3 Å². The molecule has 1 N–H and O–H groups in total. The van der Waals surface area contributed by atoms with Crippen LogP contribution < -0.4 is 14.2 Å². The van der Waals surface area contributed by atoms with Gasteiger partial charge in [-0.3, -0.25) is 4.90 Å². The molecule has 40 heavy (non-hydrogen) atoms. The van der Waals surface area contributed by atoms with E-state index >= 15 is 0 Å². The molecule has 2 aliphatic rings. The van der Waals surface area contributed by atoms with Crippen LogP contribution in [0.1, 0.15) is 45.6 Å². The molecule has 202 valence electrons. The minimum absolute atomic E-state index is 0.00638. The predicted molar refractivity (Wildman–Crippen MR) is 154 cm³/mol. The first-order chi connectivity index (χ1) is 19.6. The summed E-state index contributed by atoms with van der Waals surface area (Å²) in [5.74, 6) is 2.09. The van der Waals surface area contributed by atoms with E-state index in [1.165, 1.54) is 27.8 Å². The molecule has 4 aromatic carbocycles. The van der Waals surface area contributed by atoms with Gasteiger partial charge < -0.3 is 19.2 Å². The summed E-state index contributed by atoms with van der Waals surface area (Å²) in [5.41, 5.74) is 8.38. The molecule has 0 saturated heterocycles. The van der Waals surface area contributed by atoms with Gasteiger partial charge in [-0.1, -0.05) is 42.5 Å². The van der Waals surface area contributed by atoms with Gasteiger partial charge in [0, 0.05) is 29.2 Å². The quantitative estimate of drug-likeness (QED) is 0.251. The number of nitrogens with one attached hydrogen (secondary N) is 1. The smallest absolute Gasteiger partial charge is 0.161 e. The van der Waals surface area contributed by atoms with Crippen molar-refractivity contribution in [2.45, 2.75) is 31.5 Å². The van der Waals surface area contributed by atoms with Gasteiger partial charge in [0.2, 0.25) is 0 Å². The van der Waals surface area contributed by atoms with Crippen molar-refractivity contribution in [2.75, 3.05) is 20.8 Å². The monoisotopic (exact) mass is 534 g/mol. The SMILES string of the molecule is COc1ccc(COc2cc3c(cc2OC)C2Cc4c([nH]c5ccccc45)C(c4ccc(F)cc4)N2CC3)cc1. The second-order valence-corrected chi connectivity index (χ2v) is 10.6. The van der Waals surface area contributed by atoms with Crippen LogP contribution in [0.5, 0.6) is 17.2 Å². The van der Waals surface area contributed by atoms with Crippen molar-refractivity contribution < 1.29 is 18.6 Å². The van der Waals surface area contributed by atoms with Crippen LogP contribution in [-0.4, -0.2) is 30.6 Å². The molecule has 0 bridgehead atoms. The molecule has 0 aliphatic carbocycles. The summed E-state index contributed by atoms with van der Waals surface area (Å²) >= 11 is 0. The number of fused-ring (bicyclic) bond motifs is 6. The maximum atomic E-state index is 13.9. The van der Waals surface area contributed by atoms with E-state index in [4.69, 9.17) is 14.2 Å². The number of benzene rings is 4. The number of ether oxygens (including phenoxy) is 3. The molecule has 2 unspecified atom stereocenters. The Labute approximate surface area is 233 Å². The van der Waals surface area contributed by atoms with Crippen molar-refractivity contribution in [3.8, 4) is 17.2 Å². The molecule has 6 heteroatoms. The van der Waals surface area contributed by atoms with E-state index in [0.29, 0.717) is 6.61 Å². The molecular weight excluding hydrogens is 503 g/mol. The minimum Gasteiger partial charge on any atom is -0.497 e. The van der Waals surface area contributed by atoms with Crippen LogP contribution in [0.4, 0.5) is 4.39 Å². The molecule has 2 atom stereocenters. The largest absolute Gasteiger partial charge is 0.497 e. The zero-order valence-corrected chi connectivity index (χ0v) is 22.6. The number of para-hydroxylation sites is 1. The zero-order valence-electron chi connectivity index (χ0n) is 22.6. The highest BCUT2D eigenvalue weighted by molar-refractivity contribution is 5.85. The molecule has 5 nitrogen and oxygen atoms in total. The molecule has 0 fully saturated rings. The van der Waals surface area contributed by atoms with Gasteiger partial charge in [-0.2, -0.15) is 0 Å². The molecule has 3 heterocycles. The average molecular weight is 535 g/mol. The summed E-state index contributed by atoms with van der Waals surface area (Å²) < 4.78 is 31.3. The van der Waals surface area contributed by atoms with Gasteiger partial charge >= 0.3 is 0 Å². The van der Waals surface area contributed by atoms with Gasteiger partial charge in [0.15, 0.2) is 11.5 Å². The summed E-state index contributed by atoms with van der Waals surface area (Å²) in [4.78, 5) is 6.28. The van der Waals surface area contributed by atoms with Crippen molar-refractivity contribution in [2.24, 2.45) is 0 Å². The van der Waals surface area contributed by atoms with E-state index in [1.54, 1.807) is 26.4 Å². The lowest BCUT2D eigenvalue weighted by atomic mass is 9.80. The van der Waals surface area contributed by atoms with Gasteiger partial charge in [-0.25, -0.2) is 4.39 Å². The Kier molecular flexibility index (Phi) is 6.20. The summed E-state index contributed by atoms with van der Waals surface area (Å²) in [5, 5.41) is 1.25. The molecule has 5 aromatic rings. The van der Waals surface area contributed by atoms with E-state index in [1.807, 2.05) is 36.4 Å². The molecule has 0 saturated carbocycles. The summed E-state index contributed by atoms with van der Waals surface area (Å²) in [7, 11) is 3.36. The fraction of sp³-hybridized carbons (Fsp3) is 0.235. The fourth-order valence-corrected chi connectivity index (χ4v) is 6.46. The van der Waals surface area contributed by atoms with Crippen LogP contribution >= 0.6 is 0 Å². The maximum Gasteiger partial charge on any atom is 0.161 e. The van der Waals surface area contributed by atoms with Crippen LogP contribution in [0.2, 0.25) is 0 Å². The molecular formula is C34H31FN2O3. The standard InChI is InChI=1S/C34H31FN2O3/c1-38-25-13-7-21(8-14-25)20-40-32-17-23-15-16-37-30(27(23)19-31(32)39-2)18-28-26-5-3-4-6-29(26)36-33(28)34(37)22-9-11-24(35)12-10-22/h3-14,17,19,30,34,36H,15-16,18,20H2,1-2H3. The number of rotatable bonds is 6. The lowest BCUT2D eigenvalue weighted by Crippen LogP contribution is -2.43. The maximum absolute atomic E-state index is 13.9. The Bertz CT molecular complexity index is 1680. The van der Waals surface area contributed by atoms with Crippen LogP contribution in [0.3, 0.4) is 0 Å². The van der Waals surface area contributed by atoms with Gasteiger partial charge in [-0.05, 0) is 83.1 Å². The summed E-state index contributed by atoms with van der Waals surface area (Å²) in [6, 6.07) is 27.9. The third-order valence-corrected chi connectivity index (χ3v) is 8.41. The number of hydrogen-bond donors (Lipinski definition) is 1. The van der Waals surface area contributed by atoms with Crippen molar-refractivity contribution in [3.63, 3.8) is 0 Å². The highest BCUT2D eigenvalue weighted by Gasteiger charge is 2.41. The molecule has 0 radical (unpaired) electrons. The Balaban J connectivity index is 1.27. The number of hydrogen-bond acceptors (Lipinski definition) is 4. The first kappa shape index (κ1) is 24.7. The second kappa shape index (κ2) is 10.0. The minimum atomic E-state index is -0.219. The van der Waals surface area contributed by atoms with Crippen molar-refractivity contribution in [3.05, 3.63) is 124 Å². The average Bonchev–Trinajstić information content (AvgIpc) is 3.37. The zero-order chi connectivity index (χ0) is 27.2. The number of nitrogens with zero attached hydrogens (tertiary/aromatic N) is 1. The summed E-state index contributed by atoms with van der Waals surface area (Å²) in [6.07, 6.45) is 1.78. The number of H-pyrrole nitrogens is 1. The normalized spacial score (nSPS) is 18.1. The van der Waals surface area contributed by atoms with E-state index in [-0.39, 0.29) is 17.9 Å². The lowest BCUT2D eigenvalue weighted by molar-refractivity contribution is 0.127. The summed E-state index contributed by atoms with van der Waals surface area (Å²) in [6.45, 7) is 1.33. The predicted octanol–water partition coefficient (Wildman–Crippen LogP) is 7.15. The molecule has 2 aliphatic heterocycles. The number of aromatic amines is 1. The van der Waals surface area contributed by atoms with E-state index in [0.717, 1.165) is 53.3 Å². The van der Waals surface area contributed by atoms with Crippen LogP contribution in [0, 0.1) is 5.82 Å². The van der Waals surface area contributed by atoms with Crippen molar-refractivity contribution in [1.82, 2.24) is 9.88 Å². The first-order valence-electron chi connectivity index (χ1n) is 13.7. The number of aromatic nitrogens is 1. The van der Waals surface area contributed by atoms with Crippen molar-refractivity contribution in [1.29, 1.82) is 0 Å². The first-order valence-corrected chi connectivity index (χ1v) is 13.7. The number of methoxy groups -OCH3 is 2. The van der Waals surface area contributed by atoms with Crippen LogP contribution in [-0.2, 0) is 19.4 Å².